The molecule has 0 spiro atoms. The fraction of sp³-hybridized carbons (Fsp3) is 0.158. The number of hydrogen-bond donors (Lipinski definition) is 2. The van der Waals surface area contributed by atoms with Gasteiger partial charge in [0.2, 0.25) is 11.8 Å². The molecular formula is C19H19N5O3. The summed E-state index contributed by atoms with van der Waals surface area (Å²) < 4.78 is 7.06. The molecule has 0 aliphatic rings. The van der Waals surface area contributed by atoms with E-state index in [2.05, 4.69) is 20.9 Å². The number of nitrogens with zero attached hydrogens (tertiary/aromatic N) is 3. The predicted octanol–water partition coefficient (Wildman–Crippen LogP) is 3.06. The molecule has 0 bridgehead atoms. The summed E-state index contributed by atoms with van der Waals surface area (Å²) in [6.45, 7) is 1.72. The Hall–Kier alpha value is -3.68. The van der Waals surface area contributed by atoms with Gasteiger partial charge in [-0.15, -0.1) is 5.10 Å². The van der Waals surface area contributed by atoms with E-state index < -0.39 is 0 Å². The first-order valence-corrected chi connectivity index (χ1v) is 8.45. The Morgan fingerprint density at radius 1 is 0.963 bits per heavy atom. The van der Waals surface area contributed by atoms with Crippen LogP contribution in [-0.2, 0) is 16.1 Å². The van der Waals surface area contributed by atoms with Crippen molar-refractivity contribution >= 4 is 23.3 Å². The maximum Gasteiger partial charge on any atom is 0.246 e. The van der Waals surface area contributed by atoms with Crippen LogP contribution in [0.4, 0.5) is 11.5 Å². The highest BCUT2D eigenvalue weighted by atomic mass is 16.5. The molecule has 138 valence electrons. The molecule has 0 fully saturated rings. The molecule has 0 radical (unpaired) electrons. The highest BCUT2D eigenvalue weighted by Gasteiger charge is 2.08. The van der Waals surface area contributed by atoms with E-state index in [1.807, 2.05) is 30.3 Å². The number of anilines is 2. The normalized spacial score (nSPS) is 10.3. The van der Waals surface area contributed by atoms with Crippen LogP contribution in [0.2, 0.25) is 0 Å². The molecule has 1 heterocycles. The number of hydrogen-bond acceptors (Lipinski definition) is 5. The topological polar surface area (TPSA) is 98.1 Å². The van der Waals surface area contributed by atoms with Gasteiger partial charge in [-0.2, -0.15) is 0 Å². The molecule has 0 unspecified atom stereocenters. The molecule has 8 heteroatoms. The lowest BCUT2D eigenvalue weighted by Gasteiger charge is -2.08. The van der Waals surface area contributed by atoms with Gasteiger partial charge in [0.25, 0.3) is 0 Å². The van der Waals surface area contributed by atoms with Crippen molar-refractivity contribution in [1.82, 2.24) is 15.0 Å². The third kappa shape index (κ3) is 5.40. The summed E-state index contributed by atoms with van der Waals surface area (Å²) in [6, 6.07) is 16.5. The number of rotatable bonds is 7. The standard InChI is InChI=1S/C19H19N5O3/c1-2-18(25)21-17-12-24(23-22-17)13-19(26)20-14-8-10-16(11-9-14)27-15-6-4-3-5-7-15/h3-12H,2,13H2,1H3,(H,20,26)(H,21,25). The predicted molar refractivity (Wildman–Crippen MR) is 101 cm³/mol. The van der Waals surface area contributed by atoms with Crippen molar-refractivity contribution in [3.63, 3.8) is 0 Å². The van der Waals surface area contributed by atoms with Crippen molar-refractivity contribution in [2.75, 3.05) is 10.6 Å². The second kappa shape index (κ2) is 8.61. The molecule has 0 saturated heterocycles. The van der Waals surface area contributed by atoms with Crippen LogP contribution in [0.1, 0.15) is 13.3 Å². The van der Waals surface area contributed by atoms with Gasteiger partial charge in [-0.05, 0) is 36.4 Å². The van der Waals surface area contributed by atoms with Crippen molar-refractivity contribution in [2.45, 2.75) is 19.9 Å². The van der Waals surface area contributed by atoms with Gasteiger partial charge >= 0.3 is 0 Å². The zero-order chi connectivity index (χ0) is 19.1. The number of carbonyl (C=O) groups is 2. The zero-order valence-corrected chi connectivity index (χ0v) is 14.8. The lowest BCUT2D eigenvalue weighted by Crippen LogP contribution is -2.19. The number of ether oxygens (including phenoxy) is 1. The van der Waals surface area contributed by atoms with E-state index in [0.29, 0.717) is 23.7 Å². The van der Waals surface area contributed by atoms with Gasteiger partial charge in [-0.1, -0.05) is 30.3 Å². The van der Waals surface area contributed by atoms with Crippen molar-refractivity contribution in [3.05, 3.63) is 60.8 Å². The van der Waals surface area contributed by atoms with Crippen LogP contribution in [0.3, 0.4) is 0 Å². The average Bonchev–Trinajstić information content (AvgIpc) is 3.10. The van der Waals surface area contributed by atoms with Crippen molar-refractivity contribution in [1.29, 1.82) is 0 Å². The highest BCUT2D eigenvalue weighted by Crippen LogP contribution is 2.22. The third-order valence-electron chi connectivity index (χ3n) is 3.55. The fourth-order valence-electron chi connectivity index (χ4n) is 2.24. The van der Waals surface area contributed by atoms with E-state index in [0.717, 1.165) is 5.75 Å². The SMILES string of the molecule is CCC(=O)Nc1cn(CC(=O)Nc2ccc(Oc3ccccc3)cc2)nn1. The minimum atomic E-state index is -0.259. The number of nitrogens with one attached hydrogen (secondary N) is 2. The first-order valence-electron chi connectivity index (χ1n) is 8.45. The number of aromatic nitrogens is 3. The number of para-hydroxylation sites is 1. The molecule has 2 amide bonds. The Morgan fingerprint density at radius 2 is 1.67 bits per heavy atom. The van der Waals surface area contributed by atoms with Crippen molar-refractivity contribution < 1.29 is 14.3 Å². The van der Waals surface area contributed by atoms with E-state index in [9.17, 15) is 9.59 Å². The van der Waals surface area contributed by atoms with Gasteiger partial charge in [0.1, 0.15) is 18.0 Å². The first-order chi connectivity index (χ1) is 13.1. The zero-order valence-electron chi connectivity index (χ0n) is 14.8. The lowest BCUT2D eigenvalue weighted by atomic mass is 10.3. The second-order valence-electron chi connectivity index (χ2n) is 5.69. The molecule has 2 N–H and O–H groups in total. The van der Waals surface area contributed by atoms with Crippen LogP contribution in [0, 0.1) is 0 Å². The van der Waals surface area contributed by atoms with E-state index >= 15 is 0 Å². The lowest BCUT2D eigenvalue weighted by molar-refractivity contribution is -0.117. The van der Waals surface area contributed by atoms with Crippen LogP contribution >= 0.6 is 0 Å². The molecule has 2 aromatic carbocycles. The van der Waals surface area contributed by atoms with E-state index in [1.165, 1.54) is 10.9 Å². The quantitative estimate of drug-likeness (QED) is 0.670. The van der Waals surface area contributed by atoms with Gasteiger partial charge in [-0.3, -0.25) is 9.59 Å². The molecule has 0 atom stereocenters. The van der Waals surface area contributed by atoms with E-state index in [-0.39, 0.29) is 18.4 Å². The molecule has 27 heavy (non-hydrogen) atoms. The Morgan fingerprint density at radius 3 is 2.37 bits per heavy atom. The maximum absolute atomic E-state index is 12.1. The van der Waals surface area contributed by atoms with Gasteiger partial charge < -0.3 is 15.4 Å². The van der Waals surface area contributed by atoms with E-state index in [4.69, 9.17) is 4.74 Å². The molecule has 1 aromatic heterocycles. The van der Waals surface area contributed by atoms with Gasteiger partial charge in [-0.25, -0.2) is 4.68 Å². The van der Waals surface area contributed by atoms with Crippen LogP contribution in [-0.4, -0.2) is 26.8 Å². The summed E-state index contributed by atoms with van der Waals surface area (Å²) in [7, 11) is 0. The maximum atomic E-state index is 12.1. The smallest absolute Gasteiger partial charge is 0.246 e. The van der Waals surface area contributed by atoms with Gasteiger partial charge in [0.05, 0.1) is 6.20 Å². The largest absolute Gasteiger partial charge is 0.457 e. The molecule has 3 aromatic rings. The number of carbonyl (C=O) groups excluding carboxylic acids is 2. The molecule has 3 rings (SSSR count). The fourth-order valence-corrected chi connectivity index (χ4v) is 2.24. The summed E-state index contributed by atoms with van der Waals surface area (Å²) in [5.74, 6) is 1.31. The Bertz CT molecular complexity index is 907. The average molecular weight is 365 g/mol. The summed E-state index contributed by atoms with van der Waals surface area (Å²) in [5.41, 5.74) is 0.639. The summed E-state index contributed by atoms with van der Waals surface area (Å²) in [4.78, 5) is 23.4. The third-order valence-corrected chi connectivity index (χ3v) is 3.55. The molecule has 0 aliphatic carbocycles. The van der Waals surface area contributed by atoms with Crippen LogP contribution in [0.5, 0.6) is 11.5 Å². The van der Waals surface area contributed by atoms with Crippen LogP contribution in [0.25, 0.3) is 0 Å². The minimum absolute atomic E-state index is 0.0166. The summed E-state index contributed by atoms with van der Waals surface area (Å²) in [5, 5.41) is 13.0. The van der Waals surface area contributed by atoms with Crippen molar-refractivity contribution in [3.8, 4) is 11.5 Å². The van der Waals surface area contributed by atoms with Crippen LogP contribution < -0.4 is 15.4 Å². The summed E-state index contributed by atoms with van der Waals surface area (Å²) >= 11 is 0. The molecular weight excluding hydrogens is 346 g/mol. The number of amides is 2. The van der Waals surface area contributed by atoms with Crippen LogP contribution in [0.15, 0.2) is 60.8 Å². The first kappa shape index (κ1) is 18.1. The molecule has 0 saturated carbocycles. The minimum Gasteiger partial charge on any atom is -0.457 e. The Balaban J connectivity index is 1.52. The highest BCUT2D eigenvalue weighted by molar-refractivity contribution is 5.91. The van der Waals surface area contributed by atoms with E-state index in [1.54, 1.807) is 31.2 Å². The molecule has 8 nitrogen and oxygen atoms in total. The number of benzene rings is 2. The second-order valence-corrected chi connectivity index (χ2v) is 5.69. The van der Waals surface area contributed by atoms with Gasteiger partial charge in [0, 0.05) is 12.1 Å². The Labute approximate surface area is 156 Å². The Kier molecular flexibility index (Phi) is 5.78. The van der Waals surface area contributed by atoms with Crippen molar-refractivity contribution in [2.24, 2.45) is 0 Å². The van der Waals surface area contributed by atoms with Gasteiger partial charge in [0.15, 0.2) is 5.82 Å². The monoisotopic (exact) mass is 365 g/mol. The molecule has 0 aliphatic heterocycles. The summed E-state index contributed by atoms with van der Waals surface area (Å²) in [6.07, 6.45) is 1.85.